The molecule has 31 heavy (non-hydrogen) atoms. The Morgan fingerprint density at radius 2 is 1.87 bits per heavy atom. The third-order valence-corrected chi connectivity index (χ3v) is 10.6. The molecule has 0 aromatic rings. The summed E-state index contributed by atoms with van der Waals surface area (Å²) >= 11 is 5.51. The lowest BCUT2D eigenvalue weighted by Crippen LogP contribution is -2.51. The molecule has 0 saturated heterocycles. The topological polar surface area (TPSA) is 26.3 Å². The van der Waals surface area contributed by atoms with Crippen molar-refractivity contribution in [3.05, 3.63) is 11.6 Å². The first-order valence-electron chi connectivity index (χ1n) is 13.2. The van der Waals surface area contributed by atoms with Crippen LogP contribution in [0.25, 0.3) is 0 Å². The first-order valence-corrected chi connectivity index (χ1v) is 13.6. The van der Waals surface area contributed by atoms with Crippen LogP contribution in [0, 0.1) is 46.3 Å². The number of carbonyl (C=O) groups is 1. The van der Waals surface area contributed by atoms with E-state index in [1.807, 2.05) is 0 Å². The Bertz CT molecular complexity index is 699. The highest BCUT2D eigenvalue weighted by atomic mass is 35.5. The molecule has 3 saturated carbocycles. The second kappa shape index (κ2) is 9.03. The molecule has 0 aromatic carbocycles. The summed E-state index contributed by atoms with van der Waals surface area (Å²) in [5.41, 5.74) is 1.77. The third-order valence-electron chi connectivity index (χ3n) is 10.5. The fraction of sp³-hybridized carbons (Fsp3) is 0.893. The van der Waals surface area contributed by atoms with Gasteiger partial charge in [0.2, 0.25) is 0 Å². The maximum absolute atomic E-state index is 11.2. The van der Waals surface area contributed by atoms with Gasteiger partial charge in [0.25, 0.3) is 0 Å². The van der Waals surface area contributed by atoms with Crippen LogP contribution in [-0.2, 0) is 4.74 Å². The zero-order chi connectivity index (χ0) is 22.4. The Hall–Kier alpha value is -0.500. The minimum absolute atomic E-state index is 0.0164. The summed E-state index contributed by atoms with van der Waals surface area (Å²) in [6.45, 7) is 12.5. The third kappa shape index (κ3) is 4.36. The smallest absolute Gasteiger partial charge is 0.404 e. The summed E-state index contributed by atoms with van der Waals surface area (Å²) in [5.74, 6) is 5.19. The Morgan fingerprint density at radius 1 is 1.10 bits per heavy atom. The lowest BCUT2D eigenvalue weighted by atomic mass is 9.47. The van der Waals surface area contributed by atoms with Gasteiger partial charge >= 0.3 is 5.43 Å². The molecule has 0 spiro atoms. The highest BCUT2D eigenvalue weighted by Crippen LogP contribution is 2.67. The van der Waals surface area contributed by atoms with Crippen LogP contribution in [0.5, 0.6) is 0 Å². The summed E-state index contributed by atoms with van der Waals surface area (Å²) in [7, 11) is 0. The molecule has 4 unspecified atom stereocenters. The standard InChI is InChI=1S/C28H45ClO2/c1-18(2)7-6-8-19(3)23-11-12-24-22-10-9-20-17-21(31-26(29)30)13-15-27(20,4)25(22)14-16-28(23,24)5/h9,18-19,21-25H,6-8,10-17H2,1-5H3/t19-,21+,22?,23?,24?,25?,27+,28-/m1/s1. The minimum atomic E-state index is -0.643. The predicted molar refractivity (Wildman–Crippen MR) is 129 cm³/mol. The van der Waals surface area contributed by atoms with Crippen molar-refractivity contribution >= 4 is 17.0 Å². The van der Waals surface area contributed by atoms with E-state index in [1.165, 1.54) is 51.4 Å². The SMILES string of the molecule is CC(C)CCC[C@@H](C)C1CCC2C3CC=C4C[C@@H](OC(=O)Cl)CC[C@]4(C)C3CC[C@@]21C. The number of ether oxygens (including phenoxy) is 1. The Labute approximate surface area is 195 Å². The number of carbonyl (C=O) groups excluding carboxylic acids is 1. The van der Waals surface area contributed by atoms with Gasteiger partial charge in [-0.05, 0) is 91.3 Å². The highest BCUT2D eigenvalue weighted by molar-refractivity contribution is 6.61. The van der Waals surface area contributed by atoms with E-state index in [0.29, 0.717) is 10.8 Å². The van der Waals surface area contributed by atoms with E-state index in [9.17, 15) is 4.79 Å². The van der Waals surface area contributed by atoms with Crippen molar-refractivity contribution in [2.75, 3.05) is 0 Å². The summed E-state index contributed by atoms with van der Waals surface area (Å²) in [5, 5.41) is 0. The zero-order valence-electron chi connectivity index (χ0n) is 20.6. The van der Waals surface area contributed by atoms with Gasteiger partial charge in [0.05, 0.1) is 0 Å². The second-order valence-corrected chi connectivity index (χ2v) is 12.8. The number of allylic oxidation sites excluding steroid dienone is 1. The molecule has 4 aliphatic rings. The zero-order valence-corrected chi connectivity index (χ0v) is 21.3. The molecule has 4 rings (SSSR count). The molecule has 4 aliphatic carbocycles. The van der Waals surface area contributed by atoms with Crippen LogP contribution in [-0.4, -0.2) is 11.5 Å². The lowest BCUT2D eigenvalue weighted by molar-refractivity contribution is -0.0573. The first-order chi connectivity index (χ1) is 14.6. The van der Waals surface area contributed by atoms with Crippen molar-refractivity contribution in [2.24, 2.45) is 46.3 Å². The molecule has 0 radical (unpaired) electrons. The van der Waals surface area contributed by atoms with Crippen LogP contribution in [0.3, 0.4) is 0 Å². The maximum Gasteiger partial charge on any atom is 0.404 e. The van der Waals surface area contributed by atoms with Crippen molar-refractivity contribution in [2.45, 2.75) is 111 Å². The molecule has 0 amide bonds. The summed E-state index contributed by atoms with van der Waals surface area (Å²) in [6.07, 6.45) is 16.7. The van der Waals surface area contributed by atoms with E-state index < -0.39 is 5.43 Å². The van der Waals surface area contributed by atoms with Gasteiger partial charge in [-0.2, -0.15) is 0 Å². The summed E-state index contributed by atoms with van der Waals surface area (Å²) in [6, 6.07) is 0. The van der Waals surface area contributed by atoms with Crippen molar-refractivity contribution in [3.8, 4) is 0 Å². The molecule has 2 nitrogen and oxygen atoms in total. The van der Waals surface area contributed by atoms with Gasteiger partial charge in [0.15, 0.2) is 0 Å². The van der Waals surface area contributed by atoms with E-state index in [-0.39, 0.29) is 6.10 Å². The van der Waals surface area contributed by atoms with E-state index in [2.05, 4.69) is 40.7 Å². The van der Waals surface area contributed by atoms with Crippen molar-refractivity contribution < 1.29 is 9.53 Å². The molecule has 0 aromatic heterocycles. The summed E-state index contributed by atoms with van der Waals surface area (Å²) < 4.78 is 5.38. The maximum atomic E-state index is 11.2. The molecular formula is C28H45ClO2. The summed E-state index contributed by atoms with van der Waals surface area (Å²) in [4.78, 5) is 11.2. The molecule has 3 fully saturated rings. The van der Waals surface area contributed by atoms with Gasteiger partial charge in [0, 0.05) is 18.0 Å². The minimum Gasteiger partial charge on any atom is -0.450 e. The van der Waals surface area contributed by atoms with Crippen molar-refractivity contribution in [1.29, 1.82) is 0 Å². The predicted octanol–water partition coefficient (Wildman–Crippen LogP) is 8.77. The Balaban J connectivity index is 1.47. The normalized spacial score (nSPS) is 42.9. The molecule has 0 heterocycles. The number of hydrogen-bond acceptors (Lipinski definition) is 2. The fourth-order valence-corrected chi connectivity index (χ4v) is 9.01. The Kier molecular flexibility index (Phi) is 6.89. The van der Waals surface area contributed by atoms with Crippen LogP contribution in [0.1, 0.15) is 105 Å². The number of fused-ring (bicyclic) bond motifs is 5. The molecule has 3 heteroatoms. The van der Waals surface area contributed by atoms with Gasteiger partial charge in [-0.3, -0.25) is 0 Å². The van der Waals surface area contributed by atoms with Gasteiger partial charge < -0.3 is 4.74 Å². The lowest BCUT2D eigenvalue weighted by Gasteiger charge is -2.58. The molecule has 0 bridgehead atoms. The van der Waals surface area contributed by atoms with Crippen LogP contribution >= 0.6 is 11.6 Å². The van der Waals surface area contributed by atoms with Crippen molar-refractivity contribution in [1.82, 2.24) is 0 Å². The average molecular weight is 449 g/mol. The van der Waals surface area contributed by atoms with Gasteiger partial charge in [-0.25, -0.2) is 4.79 Å². The van der Waals surface area contributed by atoms with E-state index in [0.717, 1.165) is 54.8 Å². The van der Waals surface area contributed by atoms with E-state index >= 15 is 0 Å². The molecule has 0 aliphatic heterocycles. The molecule has 8 atom stereocenters. The van der Waals surface area contributed by atoms with Crippen LogP contribution in [0.2, 0.25) is 0 Å². The molecule has 0 N–H and O–H groups in total. The molecule has 176 valence electrons. The van der Waals surface area contributed by atoms with Crippen LogP contribution in [0.15, 0.2) is 11.6 Å². The fourth-order valence-electron chi connectivity index (χ4n) is 8.88. The quantitative estimate of drug-likeness (QED) is 0.299. The van der Waals surface area contributed by atoms with Crippen LogP contribution < -0.4 is 0 Å². The van der Waals surface area contributed by atoms with Gasteiger partial charge in [-0.15, -0.1) is 0 Å². The Morgan fingerprint density at radius 3 is 2.58 bits per heavy atom. The number of hydrogen-bond donors (Lipinski definition) is 0. The average Bonchev–Trinajstić information content (AvgIpc) is 3.05. The van der Waals surface area contributed by atoms with E-state index in [4.69, 9.17) is 16.3 Å². The molecular weight excluding hydrogens is 404 g/mol. The highest BCUT2D eigenvalue weighted by Gasteiger charge is 2.59. The second-order valence-electron chi connectivity index (χ2n) is 12.5. The largest absolute Gasteiger partial charge is 0.450 e. The van der Waals surface area contributed by atoms with Crippen molar-refractivity contribution in [3.63, 3.8) is 0 Å². The monoisotopic (exact) mass is 448 g/mol. The van der Waals surface area contributed by atoms with E-state index in [1.54, 1.807) is 5.57 Å². The van der Waals surface area contributed by atoms with Gasteiger partial charge in [-0.1, -0.05) is 65.5 Å². The van der Waals surface area contributed by atoms with Crippen LogP contribution in [0.4, 0.5) is 4.79 Å². The van der Waals surface area contributed by atoms with Gasteiger partial charge in [0.1, 0.15) is 6.10 Å². The first kappa shape index (κ1) is 23.7. The number of rotatable bonds is 6. The number of halogens is 1.